The number of hydrogen-bond donors (Lipinski definition) is 1. The van der Waals surface area contributed by atoms with Crippen molar-refractivity contribution in [2.45, 2.75) is 77.6 Å². The highest BCUT2D eigenvalue weighted by molar-refractivity contribution is 7.16. The highest BCUT2D eigenvalue weighted by Crippen LogP contribution is 2.45. The molecule has 1 aliphatic heterocycles. The minimum absolute atomic E-state index is 0.0477. The summed E-state index contributed by atoms with van der Waals surface area (Å²) in [6, 6.07) is 21.5. The fourth-order valence-corrected chi connectivity index (χ4v) is 6.23. The molecule has 1 aromatic heterocycles. The Balaban J connectivity index is 1.58. The summed E-state index contributed by atoms with van der Waals surface area (Å²) in [5.41, 5.74) is 6.14. The lowest BCUT2D eigenvalue weighted by Gasteiger charge is -2.40. The molecule has 0 radical (unpaired) electrons. The molecule has 0 amide bonds. The van der Waals surface area contributed by atoms with Gasteiger partial charge in [-0.1, -0.05) is 71.6 Å². The molecule has 1 atom stereocenters. The molecule has 1 unspecified atom stereocenters. The summed E-state index contributed by atoms with van der Waals surface area (Å²) in [6.45, 7) is 10.2. The SMILES string of the molecule is CCCCCCC(C)c1ccc(N2CCC(C)(C)c3cc(-c4ccc(C=C(C#N)C(=O)O)s4)ccc32)cc1. The first-order valence-corrected chi connectivity index (χ1v) is 14.5. The zero-order valence-electron chi connectivity index (χ0n) is 23.0. The maximum absolute atomic E-state index is 11.2. The van der Waals surface area contributed by atoms with Gasteiger partial charge in [-0.25, -0.2) is 4.79 Å². The van der Waals surface area contributed by atoms with E-state index in [0.29, 0.717) is 5.92 Å². The van der Waals surface area contributed by atoms with Gasteiger partial charge in [-0.3, -0.25) is 0 Å². The number of nitrogens with zero attached hydrogens (tertiary/aromatic N) is 2. The molecule has 1 aliphatic rings. The minimum Gasteiger partial charge on any atom is -0.477 e. The van der Waals surface area contributed by atoms with Crippen molar-refractivity contribution < 1.29 is 9.90 Å². The van der Waals surface area contributed by atoms with E-state index in [1.54, 1.807) is 6.07 Å². The van der Waals surface area contributed by atoms with Crippen molar-refractivity contribution in [1.82, 2.24) is 0 Å². The van der Waals surface area contributed by atoms with Gasteiger partial charge in [0.15, 0.2) is 0 Å². The quantitative estimate of drug-likeness (QED) is 0.162. The lowest BCUT2D eigenvalue weighted by molar-refractivity contribution is -0.132. The average molecular weight is 527 g/mol. The predicted molar refractivity (Wildman–Crippen MR) is 159 cm³/mol. The van der Waals surface area contributed by atoms with Crippen LogP contribution in [0.25, 0.3) is 16.5 Å². The van der Waals surface area contributed by atoms with Gasteiger partial charge in [0.25, 0.3) is 0 Å². The van der Waals surface area contributed by atoms with Crippen molar-refractivity contribution in [1.29, 1.82) is 5.26 Å². The van der Waals surface area contributed by atoms with Gasteiger partial charge in [0.1, 0.15) is 11.6 Å². The molecule has 0 saturated heterocycles. The van der Waals surface area contributed by atoms with Gasteiger partial charge in [0, 0.05) is 27.7 Å². The number of anilines is 2. The third-order valence-electron chi connectivity index (χ3n) is 7.79. The van der Waals surface area contributed by atoms with Gasteiger partial charge in [-0.05, 0) is 83.3 Å². The number of fused-ring (bicyclic) bond motifs is 1. The van der Waals surface area contributed by atoms with Crippen LogP contribution >= 0.6 is 11.3 Å². The summed E-state index contributed by atoms with van der Waals surface area (Å²) in [7, 11) is 0. The summed E-state index contributed by atoms with van der Waals surface area (Å²) >= 11 is 1.50. The summed E-state index contributed by atoms with van der Waals surface area (Å²) in [4.78, 5) is 15.5. The highest BCUT2D eigenvalue weighted by Gasteiger charge is 2.32. The van der Waals surface area contributed by atoms with E-state index in [1.165, 1.54) is 72.0 Å². The Morgan fingerprint density at radius 3 is 2.58 bits per heavy atom. The first-order valence-electron chi connectivity index (χ1n) is 13.7. The van der Waals surface area contributed by atoms with E-state index in [2.05, 4.69) is 75.1 Å². The molecule has 2 aromatic carbocycles. The molecule has 0 bridgehead atoms. The Morgan fingerprint density at radius 2 is 1.89 bits per heavy atom. The first-order chi connectivity index (χ1) is 18.2. The van der Waals surface area contributed by atoms with Gasteiger partial charge in [-0.15, -0.1) is 11.3 Å². The molecule has 0 fully saturated rings. The normalized spacial score (nSPS) is 15.6. The molecule has 0 saturated carbocycles. The van der Waals surface area contributed by atoms with Crippen LogP contribution in [0.1, 0.15) is 88.1 Å². The van der Waals surface area contributed by atoms with Gasteiger partial charge < -0.3 is 10.0 Å². The highest BCUT2D eigenvalue weighted by atomic mass is 32.1. The fourth-order valence-electron chi connectivity index (χ4n) is 5.28. The summed E-state index contributed by atoms with van der Waals surface area (Å²) in [6.07, 6.45) is 8.98. The van der Waals surface area contributed by atoms with E-state index in [4.69, 9.17) is 5.26 Å². The van der Waals surface area contributed by atoms with Crippen molar-refractivity contribution in [2.75, 3.05) is 11.4 Å². The topological polar surface area (TPSA) is 64.3 Å². The predicted octanol–water partition coefficient (Wildman–Crippen LogP) is 9.30. The number of hydrogen-bond acceptors (Lipinski definition) is 4. The van der Waals surface area contributed by atoms with Crippen LogP contribution in [0.2, 0.25) is 0 Å². The Kier molecular flexibility index (Phi) is 8.74. The molecular formula is C33H38N2O2S. The van der Waals surface area contributed by atoms with Crippen LogP contribution in [0.5, 0.6) is 0 Å². The number of benzene rings is 2. The summed E-state index contributed by atoms with van der Waals surface area (Å²) in [5, 5.41) is 18.3. The molecule has 38 heavy (non-hydrogen) atoms. The van der Waals surface area contributed by atoms with Gasteiger partial charge >= 0.3 is 5.97 Å². The maximum atomic E-state index is 11.2. The van der Waals surface area contributed by atoms with Gasteiger partial charge in [-0.2, -0.15) is 5.26 Å². The molecule has 4 rings (SSSR count). The van der Waals surface area contributed by atoms with Crippen molar-refractivity contribution in [3.63, 3.8) is 0 Å². The van der Waals surface area contributed by atoms with Crippen LogP contribution in [0.4, 0.5) is 11.4 Å². The Labute approximate surface area is 231 Å². The van der Waals surface area contributed by atoms with Crippen LogP contribution in [0, 0.1) is 11.3 Å². The fraction of sp³-hybridized carbons (Fsp3) is 0.394. The zero-order chi connectivity index (χ0) is 27.3. The van der Waals surface area contributed by atoms with Crippen LogP contribution in [-0.2, 0) is 10.2 Å². The second-order valence-corrected chi connectivity index (χ2v) is 12.2. The molecule has 0 aliphatic carbocycles. The molecule has 2 heterocycles. The van der Waals surface area contributed by atoms with E-state index >= 15 is 0 Å². The molecule has 3 aromatic rings. The van der Waals surface area contributed by atoms with E-state index in [9.17, 15) is 9.90 Å². The lowest BCUT2D eigenvalue weighted by Crippen LogP contribution is -2.34. The second-order valence-electron chi connectivity index (χ2n) is 11.0. The Morgan fingerprint density at radius 1 is 1.13 bits per heavy atom. The summed E-state index contributed by atoms with van der Waals surface area (Å²) in [5.74, 6) is -0.617. The van der Waals surface area contributed by atoms with E-state index in [1.807, 2.05) is 12.1 Å². The van der Waals surface area contributed by atoms with Crippen molar-refractivity contribution in [3.8, 4) is 16.5 Å². The number of unbranched alkanes of at least 4 members (excludes halogenated alkanes) is 3. The minimum atomic E-state index is -1.20. The zero-order valence-corrected chi connectivity index (χ0v) is 23.8. The van der Waals surface area contributed by atoms with Crippen molar-refractivity contribution in [2.24, 2.45) is 0 Å². The Bertz CT molecular complexity index is 1340. The smallest absolute Gasteiger partial charge is 0.346 e. The largest absolute Gasteiger partial charge is 0.477 e. The van der Waals surface area contributed by atoms with E-state index in [-0.39, 0.29) is 11.0 Å². The van der Waals surface area contributed by atoms with Crippen molar-refractivity contribution in [3.05, 3.63) is 76.2 Å². The van der Waals surface area contributed by atoms with Crippen LogP contribution in [0.15, 0.2) is 60.2 Å². The standard InChI is InChI=1S/C33H38N2O2S/c1-5-6-7-8-9-23(2)24-10-13-27(14-11-24)35-19-18-33(3,4)29-21-25(12-16-30(29)35)31-17-15-28(38-31)20-26(22-34)32(36)37/h10-17,20-21,23H,5-9,18-19H2,1-4H3,(H,36,37). The number of carboxylic acids is 1. The van der Waals surface area contributed by atoms with Crippen molar-refractivity contribution >= 4 is 34.8 Å². The maximum Gasteiger partial charge on any atom is 0.346 e. The first kappa shape index (κ1) is 27.7. The van der Waals surface area contributed by atoms with E-state index in [0.717, 1.165) is 28.3 Å². The number of thiophene rings is 1. The molecule has 0 spiro atoms. The summed E-state index contributed by atoms with van der Waals surface area (Å²) < 4.78 is 0. The van der Waals surface area contributed by atoms with Crippen LogP contribution in [-0.4, -0.2) is 17.6 Å². The average Bonchev–Trinajstić information content (AvgIpc) is 3.38. The van der Waals surface area contributed by atoms with Crippen LogP contribution < -0.4 is 4.90 Å². The number of carbonyl (C=O) groups is 1. The molecule has 1 N–H and O–H groups in total. The van der Waals surface area contributed by atoms with Gasteiger partial charge in [0.2, 0.25) is 0 Å². The lowest BCUT2D eigenvalue weighted by atomic mass is 9.77. The molecular weight excluding hydrogens is 488 g/mol. The van der Waals surface area contributed by atoms with Crippen LogP contribution in [0.3, 0.4) is 0 Å². The molecule has 4 nitrogen and oxygen atoms in total. The Hall–Kier alpha value is -3.36. The third kappa shape index (κ3) is 6.19. The number of rotatable bonds is 10. The third-order valence-corrected chi connectivity index (χ3v) is 8.87. The number of carboxylic acid groups (broad SMARTS) is 1. The monoisotopic (exact) mass is 526 g/mol. The molecule has 198 valence electrons. The van der Waals surface area contributed by atoms with Gasteiger partial charge in [0.05, 0.1) is 0 Å². The van der Waals surface area contributed by atoms with E-state index < -0.39 is 5.97 Å². The second kappa shape index (κ2) is 12.0. The number of aliphatic carboxylic acids is 1. The number of nitriles is 1. The molecule has 5 heteroatoms.